The average Bonchev–Trinajstić information content (AvgIpc) is 2.53. The van der Waals surface area contributed by atoms with E-state index in [1.165, 1.54) is 0 Å². The predicted octanol–water partition coefficient (Wildman–Crippen LogP) is 2.90. The van der Waals surface area contributed by atoms with E-state index in [0.29, 0.717) is 6.42 Å². The standard InChI is InChI=1S/C14H21F6NO5S2/c1-3-8(2)11(22)21-10-6-4-9(5-7-10)12(27(23,24)13(15,16)17)28(25,26)14(18,19)20/h8-10,12H,3-7H2,1-2H3,(H,21,22). The van der Waals surface area contributed by atoms with E-state index in [1.807, 2.05) is 0 Å². The van der Waals surface area contributed by atoms with Crippen molar-refractivity contribution in [2.75, 3.05) is 0 Å². The molecule has 0 aromatic carbocycles. The number of rotatable bonds is 6. The monoisotopic (exact) mass is 461 g/mol. The molecular formula is C14H21F6NO5S2. The van der Waals surface area contributed by atoms with Crippen molar-refractivity contribution >= 4 is 25.6 Å². The Morgan fingerprint density at radius 2 is 1.32 bits per heavy atom. The summed E-state index contributed by atoms with van der Waals surface area (Å²) in [6.07, 6.45) is -0.813. The van der Waals surface area contributed by atoms with Gasteiger partial charge in [-0.3, -0.25) is 4.79 Å². The molecule has 1 N–H and O–H groups in total. The molecule has 6 nitrogen and oxygen atoms in total. The van der Waals surface area contributed by atoms with Crippen molar-refractivity contribution in [1.29, 1.82) is 0 Å². The number of hydrogen-bond donors (Lipinski definition) is 1. The summed E-state index contributed by atoms with van der Waals surface area (Å²) in [5.41, 5.74) is -12.3. The highest BCUT2D eigenvalue weighted by atomic mass is 32.3. The third-order valence-electron chi connectivity index (χ3n) is 4.82. The minimum Gasteiger partial charge on any atom is -0.353 e. The molecule has 1 fully saturated rings. The molecule has 1 aliphatic carbocycles. The fourth-order valence-corrected chi connectivity index (χ4v) is 7.07. The molecule has 1 atom stereocenters. The van der Waals surface area contributed by atoms with Crippen LogP contribution in [-0.2, 0) is 24.5 Å². The Bertz CT molecular complexity index is 723. The number of alkyl halides is 6. The van der Waals surface area contributed by atoms with Gasteiger partial charge in [0, 0.05) is 12.0 Å². The van der Waals surface area contributed by atoms with Crippen LogP contribution in [0.3, 0.4) is 0 Å². The smallest absolute Gasteiger partial charge is 0.353 e. The second-order valence-corrected chi connectivity index (χ2v) is 11.2. The van der Waals surface area contributed by atoms with Gasteiger partial charge in [0.1, 0.15) is 0 Å². The first-order chi connectivity index (χ1) is 12.5. The van der Waals surface area contributed by atoms with Gasteiger partial charge in [-0.25, -0.2) is 16.8 Å². The molecule has 14 heteroatoms. The van der Waals surface area contributed by atoms with Crippen molar-refractivity contribution in [1.82, 2.24) is 5.32 Å². The summed E-state index contributed by atoms with van der Waals surface area (Å²) in [7, 11) is -13.3. The number of carbonyl (C=O) groups is 1. The zero-order chi connectivity index (χ0) is 22.1. The number of carbonyl (C=O) groups excluding carboxylic acids is 1. The van der Waals surface area contributed by atoms with Crippen LogP contribution in [0.2, 0.25) is 0 Å². The third-order valence-corrected chi connectivity index (χ3v) is 9.62. The van der Waals surface area contributed by atoms with Crippen molar-refractivity contribution in [2.45, 2.75) is 67.6 Å². The summed E-state index contributed by atoms with van der Waals surface area (Å²) >= 11 is 0. The molecule has 1 rings (SSSR count). The summed E-state index contributed by atoms with van der Waals surface area (Å²) < 4.78 is 120. The predicted molar refractivity (Wildman–Crippen MR) is 87.1 cm³/mol. The van der Waals surface area contributed by atoms with Crippen molar-refractivity contribution in [2.24, 2.45) is 11.8 Å². The molecule has 1 aliphatic rings. The lowest BCUT2D eigenvalue weighted by Gasteiger charge is -2.34. The van der Waals surface area contributed by atoms with Gasteiger partial charge in [0.15, 0.2) is 4.58 Å². The van der Waals surface area contributed by atoms with Gasteiger partial charge in [0.25, 0.3) is 19.7 Å². The highest BCUT2D eigenvalue weighted by molar-refractivity contribution is 8.09. The van der Waals surface area contributed by atoms with Gasteiger partial charge in [-0.15, -0.1) is 0 Å². The Kier molecular flexibility index (Phi) is 7.46. The van der Waals surface area contributed by atoms with Crippen molar-refractivity contribution in [3.05, 3.63) is 0 Å². The minimum absolute atomic E-state index is 0.135. The molecule has 0 bridgehead atoms. The maximum atomic E-state index is 12.9. The largest absolute Gasteiger partial charge is 0.498 e. The van der Waals surface area contributed by atoms with Gasteiger partial charge in [0.2, 0.25) is 5.91 Å². The Balaban J connectivity index is 3.13. The van der Waals surface area contributed by atoms with Crippen LogP contribution < -0.4 is 5.32 Å². The van der Waals surface area contributed by atoms with Gasteiger partial charge < -0.3 is 5.32 Å². The van der Waals surface area contributed by atoms with Crippen LogP contribution in [0.25, 0.3) is 0 Å². The maximum Gasteiger partial charge on any atom is 0.498 e. The Labute approximate surface area is 158 Å². The zero-order valence-corrected chi connectivity index (χ0v) is 16.6. The van der Waals surface area contributed by atoms with Gasteiger partial charge in [-0.05, 0) is 38.0 Å². The quantitative estimate of drug-likeness (QED) is 0.614. The van der Waals surface area contributed by atoms with E-state index in [9.17, 15) is 48.0 Å². The normalized spacial score (nSPS) is 23.5. The van der Waals surface area contributed by atoms with E-state index in [-0.39, 0.29) is 24.7 Å². The first kappa shape index (κ1) is 25.0. The molecule has 0 aliphatic heterocycles. The van der Waals surface area contributed by atoms with Crippen LogP contribution in [0, 0.1) is 11.8 Å². The Morgan fingerprint density at radius 3 is 1.64 bits per heavy atom. The number of halogens is 6. The minimum atomic E-state index is -6.63. The fraction of sp³-hybridized carbons (Fsp3) is 0.929. The van der Waals surface area contributed by atoms with E-state index in [1.54, 1.807) is 13.8 Å². The van der Waals surface area contributed by atoms with Gasteiger partial charge in [0.05, 0.1) is 0 Å². The summed E-state index contributed by atoms with van der Waals surface area (Å²) in [6.45, 7) is 3.37. The van der Waals surface area contributed by atoms with E-state index in [4.69, 9.17) is 0 Å². The first-order valence-corrected chi connectivity index (χ1v) is 11.5. The van der Waals surface area contributed by atoms with E-state index < -0.39 is 60.1 Å². The Hall–Kier alpha value is -1.05. The molecule has 1 unspecified atom stereocenters. The summed E-state index contributed by atoms with van der Waals surface area (Å²) in [5, 5.41) is 2.58. The molecule has 0 heterocycles. The zero-order valence-electron chi connectivity index (χ0n) is 15.0. The first-order valence-electron chi connectivity index (χ1n) is 8.37. The summed E-state index contributed by atoms with van der Waals surface area (Å²) in [6, 6.07) is -0.583. The molecule has 166 valence electrons. The summed E-state index contributed by atoms with van der Waals surface area (Å²) in [4.78, 5) is 11.8. The van der Waals surface area contributed by atoms with Crippen LogP contribution in [0.5, 0.6) is 0 Å². The lowest BCUT2D eigenvalue weighted by atomic mass is 9.87. The van der Waals surface area contributed by atoms with Gasteiger partial charge >= 0.3 is 11.0 Å². The van der Waals surface area contributed by atoms with E-state index in [0.717, 1.165) is 0 Å². The molecule has 1 saturated carbocycles. The SMILES string of the molecule is CCC(C)C(=O)NC1CCC(C(S(=O)(=O)C(F)(F)F)S(=O)(=O)C(F)(F)F)CC1. The lowest BCUT2D eigenvalue weighted by Crippen LogP contribution is -2.50. The highest BCUT2D eigenvalue weighted by Gasteiger charge is 2.65. The lowest BCUT2D eigenvalue weighted by molar-refractivity contribution is -0.125. The van der Waals surface area contributed by atoms with Crippen LogP contribution in [0.1, 0.15) is 46.0 Å². The average molecular weight is 461 g/mol. The molecule has 1 amide bonds. The Morgan fingerprint density at radius 1 is 0.929 bits per heavy atom. The van der Waals surface area contributed by atoms with Crippen LogP contribution >= 0.6 is 0 Å². The molecule has 0 aromatic heterocycles. The van der Waals surface area contributed by atoms with E-state index in [2.05, 4.69) is 5.32 Å². The van der Waals surface area contributed by atoms with Crippen molar-refractivity contribution in [3.8, 4) is 0 Å². The second-order valence-electron chi connectivity index (χ2n) is 6.78. The van der Waals surface area contributed by atoms with Crippen molar-refractivity contribution < 1.29 is 48.0 Å². The molecule has 0 spiro atoms. The molecular weight excluding hydrogens is 440 g/mol. The molecule has 0 radical (unpaired) electrons. The highest BCUT2D eigenvalue weighted by Crippen LogP contribution is 2.43. The molecule has 0 aromatic rings. The fourth-order valence-electron chi connectivity index (χ4n) is 3.00. The van der Waals surface area contributed by atoms with E-state index >= 15 is 0 Å². The number of hydrogen-bond acceptors (Lipinski definition) is 5. The second kappa shape index (κ2) is 8.36. The van der Waals surface area contributed by atoms with Gasteiger partial charge in [-0.1, -0.05) is 13.8 Å². The van der Waals surface area contributed by atoms with Crippen molar-refractivity contribution in [3.63, 3.8) is 0 Å². The third kappa shape index (κ3) is 5.10. The van der Waals surface area contributed by atoms with Crippen LogP contribution in [-0.4, -0.2) is 44.4 Å². The number of sulfone groups is 2. The summed E-state index contributed by atoms with van der Waals surface area (Å²) in [5.74, 6) is -2.61. The van der Waals surface area contributed by atoms with Gasteiger partial charge in [-0.2, -0.15) is 26.3 Å². The van der Waals surface area contributed by atoms with Crippen LogP contribution in [0.4, 0.5) is 26.3 Å². The molecule has 28 heavy (non-hydrogen) atoms. The number of amides is 1. The molecule has 0 saturated heterocycles. The number of nitrogens with one attached hydrogen (secondary N) is 1. The topological polar surface area (TPSA) is 97.4 Å². The van der Waals surface area contributed by atoms with Crippen LogP contribution in [0.15, 0.2) is 0 Å². The maximum absolute atomic E-state index is 12.9.